The van der Waals surface area contributed by atoms with E-state index in [4.69, 9.17) is 0 Å². The largest absolute Gasteiger partial charge is 0.302 e. The minimum Gasteiger partial charge on any atom is -0.302 e. The first-order chi connectivity index (χ1) is 8.65. The Bertz CT molecular complexity index is 507. The third-order valence-electron chi connectivity index (χ3n) is 4.02. The third kappa shape index (κ3) is 2.30. The number of nitrogens with one attached hydrogen (secondary N) is 1. The van der Waals surface area contributed by atoms with Gasteiger partial charge in [0, 0.05) is 12.6 Å². The van der Waals surface area contributed by atoms with Crippen LogP contribution in [0.3, 0.4) is 0 Å². The van der Waals surface area contributed by atoms with E-state index in [-0.39, 0.29) is 6.04 Å². The second-order valence-electron chi connectivity index (χ2n) is 5.18. The maximum Gasteiger partial charge on any atom is 0.240 e. The van der Waals surface area contributed by atoms with Crippen molar-refractivity contribution in [2.75, 3.05) is 19.6 Å². The van der Waals surface area contributed by atoms with Crippen LogP contribution in [0.2, 0.25) is 0 Å². The Hall–Kier alpha value is -0.910. The van der Waals surface area contributed by atoms with Crippen molar-refractivity contribution in [2.24, 2.45) is 5.92 Å². The quantitative estimate of drug-likeness (QED) is 0.890. The molecule has 0 aromatic heterocycles. The second kappa shape index (κ2) is 4.64. The lowest BCUT2D eigenvalue weighted by Crippen LogP contribution is -2.57. The summed E-state index contributed by atoms with van der Waals surface area (Å²) in [6.45, 7) is 3.10. The van der Waals surface area contributed by atoms with E-state index in [1.54, 1.807) is 24.3 Å². The van der Waals surface area contributed by atoms with E-state index in [1.807, 2.05) is 6.07 Å². The van der Waals surface area contributed by atoms with Gasteiger partial charge in [0.05, 0.1) is 4.90 Å². The molecule has 3 saturated heterocycles. The van der Waals surface area contributed by atoms with E-state index in [0.717, 1.165) is 32.5 Å². The molecule has 1 aromatic rings. The van der Waals surface area contributed by atoms with Crippen molar-refractivity contribution in [2.45, 2.75) is 23.8 Å². The molecule has 1 N–H and O–H groups in total. The second-order valence-corrected chi connectivity index (χ2v) is 6.89. The summed E-state index contributed by atoms with van der Waals surface area (Å²) in [5, 5.41) is 0. The Morgan fingerprint density at radius 2 is 1.78 bits per heavy atom. The van der Waals surface area contributed by atoms with E-state index >= 15 is 0 Å². The minimum atomic E-state index is -3.36. The highest BCUT2D eigenvalue weighted by molar-refractivity contribution is 7.89. The van der Waals surface area contributed by atoms with E-state index in [9.17, 15) is 8.42 Å². The van der Waals surface area contributed by atoms with Gasteiger partial charge in [0.1, 0.15) is 0 Å². The van der Waals surface area contributed by atoms with Gasteiger partial charge in [-0.3, -0.25) is 0 Å². The molecular formula is C13H18N2O2S. The number of hydrogen-bond donors (Lipinski definition) is 1. The molecule has 1 unspecified atom stereocenters. The van der Waals surface area contributed by atoms with Crippen LogP contribution < -0.4 is 4.72 Å². The molecule has 0 spiro atoms. The number of hydrogen-bond acceptors (Lipinski definition) is 3. The van der Waals surface area contributed by atoms with Gasteiger partial charge in [0.15, 0.2) is 0 Å². The van der Waals surface area contributed by atoms with Crippen LogP contribution in [0.15, 0.2) is 35.2 Å². The number of fused-ring (bicyclic) bond motifs is 3. The lowest BCUT2D eigenvalue weighted by molar-refractivity contribution is 0.0827. The van der Waals surface area contributed by atoms with Crippen molar-refractivity contribution in [3.8, 4) is 0 Å². The summed E-state index contributed by atoms with van der Waals surface area (Å²) in [7, 11) is -3.36. The molecule has 0 aliphatic carbocycles. The van der Waals surface area contributed by atoms with Gasteiger partial charge in [0.2, 0.25) is 10.0 Å². The summed E-state index contributed by atoms with van der Waals surface area (Å²) in [5.74, 6) is 0.508. The highest BCUT2D eigenvalue weighted by Gasteiger charge is 2.36. The topological polar surface area (TPSA) is 49.4 Å². The summed E-state index contributed by atoms with van der Waals surface area (Å²) < 4.78 is 27.4. The monoisotopic (exact) mass is 266 g/mol. The highest BCUT2D eigenvalue weighted by Crippen LogP contribution is 2.28. The number of benzene rings is 1. The zero-order valence-electron chi connectivity index (χ0n) is 10.2. The third-order valence-corrected chi connectivity index (χ3v) is 5.52. The van der Waals surface area contributed by atoms with Crippen LogP contribution in [0.4, 0.5) is 0 Å². The summed E-state index contributed by atoms with van der Waals surface area (Å²) in [6.07, 6.45) is 2.23. The highest BCUT2D eigenvalue weighted by atomic mass is 32.2. The number of nitrogens with zero attached hydrogens (tertiary/aromatic N) is 1. The fourth-order valence-corrected chi connectivity index (χ4v) is 4.28. The Morgan fingerprint density at radius 3 is 2.33 bits per heavy atom. The molecule has 3 heterocycles. The first-order valence-electron chi connectivity index (χ1n) is 6.45. The fourth-order valence-electron chi connectivity index (χ4n) is 2.97. The average Bonchev–Trinajstić information content (AvgIpc) is 2.41. The van der Waals surface area contributed by atoms with Gasteiger partial charge in [-0.15, -0.1) is 0 Å². The predicted molar refractivity (Wildman–Crippen MR) is 69.7 cm³/mol. The molecule has 4 rings (SSSR count). The molecule has 98 valence electrons. The Balaban J connectivity index is 1.77. The molecule has 5 heteroatoms. The van der Waals surface area contributed by atoms with Gasteiger partial charge in [-0.25, -0.2) is 13.1 Å². The van der Waals surface area contributed by atoms with Crippen LogP contribution in [-0.2, 0) is 10.0 Å². The van der Waals surface area contributed by atoms with E-state index < -0.39 is 10.0 Å². The molecular weight excluding hydrogens is 248 g/mol. The van der Waals surface area contributed by atoms with Crippen LogP contribution in [0.1, 0.15) is 12.8 Å². The van der Waals surface area contributed by atoms with Crippen molar-refractivity contribution in [3.63, 3.8) is 0 Å². The molecule has 3 fully saturated rings. The smallest absolute Gasteiger partial charge is 0.240 e. The Labute approximate surface area is 108 Å². The number of sulfonamides is 1. The van der Waals surface area contributed by atoms with E-state index in [2.05, 4.69) is 9.62 Å². The normalized spacial score (nSPS) is 31.4. The molecule has 4 nitrogen and oxygen atoms in total. The first-order valence-corrected chi connectivity index (χ1v) is 7.93. The van der Waals surface area contributed by atoms with Gasteiger partial charge in [0.25, 0.3) is 0 Å². The van der Waals surface area contributed by atoms with Gasteiger partial charge in [-0.05, 0) is 44.0 Å². The van der Waals surface area contributed by atoms with E-state index in [0.29, 0.717) is 10.8 Å². The molecule has 1 aromatic carbocycles. The van der Waals surface area contributed by atoms with Crippen molar-refractivity contribution in [3.05, 3.63) is 30.3 Å². The summed E-state index contributed by atoms with van der Waals surface area (Å²) in [4.78, 5) is 2.71. The van der Waals surface area contributed by atoms with Crippen LogP contribution in [0.5, 0.6) is 0 Å². The molecule has 0 saturated carbocycles. The molecule has 0 amide bonds. The van der Waals surface area contributed by atoms with Crippen molar-refractivity contribution >= 4 is 10.0 Å². The molecule has 18 heavy (non-hydrogen) atoms. The standard InChI is InChI=1S/C13H18N2O2S/c16-18(17,12-4-2-1-3-5-12)14-13-10-15-8-6-11(13)7-9-15/h1-5,11,13-14H,6-10H2. The Morgan fingerprint density at radius 1 is 1.11 bits per heavy atom. The summed E-state index contributed by atoms with van der Waals surface area (Å²) >= 11 is 0. The molecule has 2 bridgehead atoms. The average molecular weight is 266 g/mol. The predicted octanol–water partition coefficient (Wildman–Crippen LogP) is 1.06. The SMILES string of the molecule is O=S(=O)(NC1CN2CCC1CC2)c1ccccc1. The molecule has 1 atom stereocenters. The van der Waals surface area contributed by atoms with Crippen molar-refractivity contribution in [1.29, 1.82) is 0 Å². The maximum atomic E-state index is 12.2. The van der Waals surface area contributed by atoms with Gasteiger partial charge in [-0.1, -0.05) is 18.2 Å². The van der Waals surface area contributed by atoms with Crippen LogP contribution in [-0.4, -0.2) is 39.0 Å². The lowest BCUT2D eigenvalue weighted by Gasteiger charge is -2.44. The van der Waals surface area contributed by atoms with Gasteiger partial charge >= 0.3 is 0 Å². The Kier molecular flexibility index (Phi) is 3.13. The minimum absolute atomic E-state index is 0.0812. The van der Waals surface area contributed by atoms with Crippen molar-refractivity contribution < 1.29 is 8.42 Å². The zero-order chi connectivity index (χ0) is 12.6. The van der Waals surface area contributed by atoms with Crippen LogP contribution in [0.25, 0.3) is 0 Å². The zero-order valence-corrected chi connectivity index (χ0v) is 11.1. The van der Waals surface area contributed by atoms with Crippen molar-refractivity contribution in [1.82, 2.24) is 9.62 Å². The van der Waals surface area contributed by atoms with Crippen LogP contribution >= 0.6 is 0 Å². The molecule has 3 aliphatic heterocycles. The summed E-state index contributed by atoms with van der Waals surface area (Å²) in [5.41, 5.74) is 0. The van der Waals surface area contributed by atoms with E-state index in [1.165, 1.54) is 0 Å². The van der Waals surface area contributed by atoms with Gasteiger partial charge in [-0.2, -0.15) is 0 Å². The number of rotatable bonds is 3. The van der Waals surface area contributed by atoms with Crippen LogP contribution in [0, 0.1) is 5.92 Å². The molecule has 0 radical (unpaired) electrons. The lowest BCUT2D eigenvalue weighted by atomic mass is 9.85. The maximum absolute atomic E-state index is 12.2. The molecule has 3 aliphatic rings. The van der Waals surface area contributed by atoms with Gasteiger partial charge < -0.3 is 4.90 Å². The fraction of sp³-hybridized carbons (Fsp3) is 0.538. The summed E-state index contributed by atoms with van der Waals surface area (Å²) in [6, 6.07) is 8.70. The number of piperidine rings is 3. The first kappa shape index (κ1) is 12.1.